The molecule has 1 aromatic heterocycles. The summed E-state index contributed by atoms with van der Waals surface area (Å²) >= 11 is 3.34. The molecule has 126 valence electrons. The molecular weight excluding hydrogens is 382 g/mol. The number of halogens is 1. The van der Waals surface area contributed by atoms with Gasteiger partial charge in [-0.05, 0) is 70.7 Å². The summed E-state index contributed by atoms with van der Waals surface area (Å²) in [5, 5.41) is 28.3. The average molecular weight is 398 g/mol. The molecule has 0 aliphatic rings. The van der Waals surface area contributed by atoms with E-state index in [1.54, 1.807) is 30.9 Å². The van der Waals surface area contributed by atoms with E-state index in [0.29, 0.717) is 10.0 Å². The Hall–Kier alpha value is -2.85. The summed E-state index contributed by atoms with van der Waals surface area (Å²) in [5.41, 5.74) is 2.74. The van der Waals surface area contributed by atoms with Crippen LogP contribution in [0.5, 0.6) is 5.75 Å². The van der Waals surface area contributed by atoms with Crippen LogP contribution in [0.3, 0.4) is 0 Å². The Kier molecular flexibility index (Phi) is 5.31. The predicted octanol–water partition coefficient (Wildman–Crippen LogP) is 3.52. The van der Waals surface area contributed by atoms with E-state index in [-0.39, 0.29) is 5.75 Å². The third-order valence-corrected chi connectivity index (χ3v) is 4.46. The van der Waals surface area contributed by atoms with Gasteiger partial charge in [0.25, 0.3) is 0 Å². The van der Waals surface area contributed by atoms with E-state index >= 15 is 0 Å². The second kappa shape index (κ2) is 7.81. The molecule has 3 rings (SSSR count). The van der Waals surface area contributed by atoms with Crippen molar-refractivity contribution in [3.05, 3.63) is 70.7 Å². The fourth-order valence-corrected chi connectivity index (χ4v) is 2.97. The van der Waals surface area contributed by atoms with E-state index in [2.05, 4.69) is 37.2 Å². The van der Waals surface area contributed by atoms with Crippen LogP contribution >= 0.6 is 15.9 Å². The quantitative estimate of drug-likeness (QED) is 0.688. The topological polar surface area (TPSA) is 78.0 Å². The second-order valence-corrected chi connectivity index (χ2v) is 6.37. The highest BCUT2D eigenvalue weighted by Crippen LogP contribution is 2.25. The van der Waals surface area contributed by atoms with Crippen LogP contribution in [0.15, 0.2) is 59.6 Å². The molecule has 0 spiro atoms. The van der Waals surface area contributed by atoms with Gasteiger partial charge in [0, 0.05) is 6.54 Å². The van der Waals surface area contributed by atoms with Gasteiger partial charge in [-0.25, -0.2) is 4.68 Å². The summed E-state index contributed by atoms with van der Waals surface area (Å²) in [6, 6.07) is 15.1. The molecule has 0 saturated carbocycles. The van der Waals surface area contributed by atoms with Crippen LogP contribution in [-0.2, 0) is 6.42 Å². The third-order valence-electron chi connectivity index (χ3n) is 3.83. The molecule has 0 radical (unpaired) electrons. The Morgan fingerprint density at radius 2 is 1.84 bits per heavy atom. The number of phenols is 1. The number of benzene rings is 2. The number of hydrogen-bond donors (Lipinski definition) is 1. The Balaban J connectivity index is 1.72. The fraction of sp³-hybridized carbons (Fsp3) is 0.167. The summed E-state index contributed by atoms with van der Waals surface area (Å²) in [7, 11) is 0. The highest BCUT2D eigenvalue weighted by molar-refractivity contribution is 9.10. The molecule has 0 unspecified atom stereocenters. The standard InChI is InChI=1S/C18H16BrN5O/c19-17-10-14(5-8-18(17)25)2-1-9-24(23-12-21-22-13-23)16-6-3-15(11-20)4-7-16/h3-8,10,12-13,25H,1-2,9H2. The molecule has 1 N–H and O–H groups in total. The van der Waals surface area contributed by atoms with E-state index < -0.39 is 0 Å². The molecule has 1 heterocycles. The van der Waals surface area contributed by atoms with Crippen LogP contribution in [-0.4, -0.2) is 26.5 Å². The van der Waals surface area contributed by atoms with E-state index in [9.17, 15) is 5.11 Å². The Morgan fingerprint density at radius 1 is 1.12 bits per heavy atom. The molecular formula is C18H16BrN5O. The molecule has 0 aliphatic carbocycles. The lowest BCUT2D eigenvalue weighted by Gasteiger charge is -2.25. The highest BCUT2D eigenvalue weighted by atomic mass is 79.9. The predicted molar refractivity (Wildman–Crippen MR) is 98.1 cm³/mol. The van der Waals surface area contributed by atoms with Gasteiger partial charge in [0.1, 0.15) is 18.4 Å². The Labute approximate surface area is 154 Å². The minimum atomic E-state index is 0.243. The van der Waals surface area contributed by atoms with Crippen LogP contribution in [0.1, 0.15) is 17.5 Å². The van der Waals surface area contributed by atoms with Gasteiger partial charge in [-0.2, -0.15) is 5.26 Å². The van der Waals surface area contributed by atoms with Gasteiger partial charge in [-0.3, -0.25) is 5.01 Å². The van der Waals surface area contributed by atoms with Gasteiger partial charge in [0.2, 0.25) is 0 Å². The number of aromatic nitrogens is 3. The lowest BCUT2D eigenvalue weighted by Crippen LogP contribution is -2.29. The first-order chi connectivity index (χ1) is 12.2. The highest BCUT2D eigenvalue weighted by Gasteiger charge is 2.09. The number of aromatic hydroxyl groups is 1. The fourth-order valence-electron chi connectivity index (χ4n) is 2.54. The minimum Gasteiger partial charge on any atom is -0.507 e. The van der Waals surface area contributed by atoms with Crippen LogP contribution < -0.4 is 5.01 Å². The van der Waals surface area contributed by atoms with Crippen LogP contribution in [0.4, 0.5) is 5.69 Å². The van der Waals surface area contributed by atoms with E-state index in [1.807, 2.05) is 28.9 Å². The number of phenolic OH excluding ortho intramolecular Hbond substituents is 1. The first kappa shape index (κ1) is 17.0. The molecule has 25 heavy (non-hydrogen) atoms. The molecule has 7 heteroatoms. The van der Waals surface area contributed by atoms with Crippen molar-refractivity contribution in [2.24, 2.45) is 0 Å². The summed E-state index contributed by atoms with van der Waals surface area (Å²) in [5.74, 6) is 0.243. The van der Waals surface area contributed by atoms with Gasteiger partial charge in [-0.1, -0.05) is 6.07 Å². The molecule has 2 aromatic carbocycles. The SMILES string of the molecule is N#Cc1ccc(N(CCCc2ccc(O)c(Br)c2)n2cnnc2)cc1. The van der Waals surface area contributed by atoms with Gasteiger partial charge in [0.05, 0.1) is 21.8 Å². The maximum Gasteiger partial charge on any atom is 0.139 e. The van der Waals surface area contributed by atoms with Gasteiger partial charge < -0.3 is 5.11 Å². The summed E-state index contributed by atoms with van der Waals surface area (Å²) in [4.78, 5) is 0. The van der Waals surface area contributed by atoms with Crippen molar-refractivity contribution in [1.29, 1.82) is 5.26 Å². The molecule has 0 bridgehead atoms. The zero-order valence-electron chi connectivity index (χ0n) is 13.4. The number of nitrogens with zero attached hydrogens (tertiary/aromatic N) is 5. The van der Waals surface area contributed by atoms with Gasteiger partial charge >= 0.3 is 0 Å². The summed E-state index contributed by atoms with van der Waals surface area (Å²) in [6.45, 7) is 0.752. The van der Waals surface area contributed by atoms with Crippen molar-refractivity contribution >= 4 is 21.6 Å². The van der Waals surface area contributed by atoms with Crippen molar-refractivity contribution in [1.82, 2.24) is 14.9 Å². The van der Waals surface area contributed by atoms with E-state index in [0.717, 1.165) is 30.6 Å². The second-order valence-electron chi connectivity index (χ2n) is 5.51. The number of rotatable bonds is 6. The lowest BCUT2D eigenvalue weighted by atomic mass is 10.1. The maximum absolute atomic E-state index is 9.58. The zero-order chi connectivity index (χ0) is 17.6. The van der Waals surface area contributed by atoms with Gasteiger partial charge in [0.15, 0.2) is 0 Å². The largest absolute Gasteiger partial charge is 0.507 e. The van der Waals surface area contributed by atoms with Crippen molar-refractivity contribution in [3.8, 4) is 11.8 Å². The molecule has 0 aliphatic heterocycles. The van der Waals surface area contributed by atoms with E-state index in [1.165, 1.54) is 0 Å². The maximum atomic E-state index is 9.58. The van der Waals surface area contributed by atoms with Crippen LogP contribution in [0.2, 0.25) is 0 Å². The summed E-state index contributed by atoms with van der Waals surface area (Å²) in [6.07, 6.45) is 5.06. The van der Waals surface area contributed by atoms with Crippen molar-refractivity contribution in [3.63, 3.8) is 0 Å². The van der Waals surface area contributed by atoms with Crippen LogP contribution in [0.25, 0.3) is 0 Å². The summed E-state index contributed by atoms with van der Waals surface area (Å²) < 4.78 is 2.53. The molecule has 0 atom stereocenters. The molecule has 6 nitrogen and oxygen atoms in total. The Bertz CT molecular complexity index is 871. The minimum absolute atomic E-state index is 0.243. The lowest BCUT2D eigenvalue weighted by molar-refractivity contribution is 0.471. The molecule has 0 saturated heterocycles. The Morgan fingerprint density at radius 3 is 2.48 bits per heavy atom. The molecule has 0 fully saturated rings. The molecule has 3 aromatic rings. The monoisotopic (exact) mass is 397 g/mol. The number of anilines is 1. The smallest absolute Gasteiger partial charge is 0.139 e. The average Bonchev–Trinajstić information content (AvgIpc) is 3.16. The van der Waals surface area contributed by atoms with E-state index in [4.69, 9.17) is 5.26 Å². The van der Waals surface area contributed by atoms with Gasteiger partial charge in [-0.15, -0.1) is 10.2 Å². The number of hydrogen-bond acceptors (Lipinski definition) is 5. The normalized spacial score (nSPS) is 10.4. The number of aryl methyl sites for hydroxylation is 1. The first-order valence-corrected chi connectivity index (χ1v) is 8.56. The van der Waals surface area contributed by atoms with Crippen molar-refractivity contribution in [2.45, 2.75) is 12.8 Å². The third kappa shape index (κ3) is 4.17. The number of nitriles is 1. The van der Waals surface area contributed by atoms with Crippen molar-refractivity contribution in [2.75, 3.05) is 11.6 Å². The van der Waals surface area contributed by atoms with Crippen molar-refractivity contribution < 1.29 is 5.11 Å². The first-order valence-electron chi connectivity index (χ1n) is 7.77. The van der Waals surface area contributed by atoms with Crippen LogP contribution in [0, 0.1) is 11.3 Å². The zero-order valence-corrected chi connectivity index (χ0v) is 15.0. The molecule has 0 amide bonds.